The summed E-state index contributed by atoms with van der Waals surface area (Å²) in [5, 5.41) is 13.2. The van der Waals surface area contributed by atoms with Gasteiger partial charge in [0.15, 0.2) is 0 Å². The van der Waals surface area contributed by atoms with Gasteiger partial charge in [-0.25, -0.2) is 0 Å². The van der Waals surface area contributed by atoms with Gasteiger partial charge in [0.25, 0.3) is 5.91 Å². The number of amides is 1. The first-order chi connectivity index (χ1) is 9.06. The minimum atomic E-state index is -0.504. The normalized spacial score (nSPS) is 10.2. The first-order valence-corrected chi connectivity index (χ1v) is 6.94. The number of hydrogen-bond donors (Lipinski definition) is 1. The first kappa shape index (κ1) is 13.7. The van der Waals surface area contributed by atoms with Crippen molar-refractivity contribution in [1.29, 1.82) is 0 Å². The molecule has 0 spiro atoms. The van der Waals surface area contributed by atoms with Crippen LogP contribution in [0.3, 0.4) is 0 Å². The summed E-state index contributed by atoms with van der Waals surface area (Å²) in [6, 6.07) is 10.3. The summed E-state index contributed by atoms with van der Waals surface area (Å²) >= 11 is 4.20. The number of benzene rings is 1. The van der Waals surface area contributed by atoms with Gasteiger partial charge >= 0.3 is 5.00 Å². The van der Waals surface area contributed by atoms with Crippen LogP contribution in [0.25, 0.3) is 0 Å². The average Bonchev–Trinajstić information content (AvgIpc) is 2.87. The molecule has 0 aliphatic carbocycles. The molecule has 5 nitrogen and oxygen atoms in total. The Hall–Kier alpha value is -1.73. The smallest absolute Gasteiger partial charge is 0.324 e. The van der Waals surface area contributed by atoms with Gasteiger partial charge in [-0.15, -0.1) is 0 Å². The first-order valence-electron chi connectivity index (χ1n) is 5.33. The third kappa shape index (κ3) is 3.62. The molecule has 1 aromatic heterocycles. The van der Waals surface area contributed by atoms with Gasteiger partial charge in [-0.2, -0.15) is 0 Å². The van der Waals surface area contributed by atoms with Gasteiger partial charge in [0.1, 0.15) is 0 Å². The Morgan fingerprint density at radius 3 is 2.53 bits per heavy atom. The van der Waals surface area contributed by atoms with Gasteiger partial charge in [-0.3, -0.25) is 14.9 Å². The molecule has 0 fully saturated rings. The van der Waals surface area contributed by atoms with E-state index in [2.05, 4.69) is 21.2 Å². The molecular formula is C12H9BrN2O3S. The van der Waals surface area contributed by atoms with Crippen LogP contribution in [0.5, 0.6) is 0 Å². The fourth-order valence-corrected chi connectivity index (χ4v) is 2.42. The Balaban J connectivity index is 1.97. The maximum atomic E-state index is 11.8. The molecular weight excluding hydrogens is 332 g/mol. The lowest BCUT2D eigenvalue weighted by Crippen LogP contribution is -2.21. The zero-order chi connectivity index (χ0) is 13.8. The predicted molar refractivity (Wildman–Crippen MR) is 76.3 cm³/mol. The predicted octanol–water partition coefficient (Wildman–Crippen LogP) is 3.35. The maximum absolute atomic E-state index is 11.8. The molecule has 1 heterocycles. The van der Waals surface area contributed by atoms with E-state index >= 15 is 0 Å². The third-order valence-electron chi connectivity index (χ3n) is 2.36. The molecule has 0 radical (unpaired) electrons. The SMILES string of the molecule is O=C(NCc1ccc(Br)cc1)c1ccc([N+](=O)[O-])s1. The van der Waals surface area contributed by atoms with Crippen LogP contribution in [-0.2, 0) is 6.54 Å². The summed E-state index contributed by atoms with van der Waals surface area (Å²) in [4.78, 5) is 22.1. The summed E-state index contributed by atoms with van der Waals surface area (Å²) in [7, 11) is 0. The van der Waals surface area contributed by atoms with Crippen LogP contribution in [0.1, 0.15) is 15.2 Å². The average molecular weight is 341 g/mol. The highest BCUT2D eigenvalue weighted by molar-refractivity contribution is 9.10. The minimum Gasteiger partial charge on any atom is -0.347 e. The second kappa shape index (κ2) is 5.94. The Labute approximate surface area is 121 Å². The van der Waals surface area contributed by atoms with Gasteiger partial charge in [0.2, 0.25) is 0 Å². The molecule has 0 saturated heterocycles. The second-order valence-electron chi connectivity index (χ2n) is 3.70. The van der Waals surface area contributed by atoms with E-state index in [1.54, 1.807) is 0 Å². The number of halogens is 1. The van der Waals surface area contributed by atoms with Gasteiger partial charge in [-0.1, -0.05) is 39.4 Å². The Bertz CT molecular complexity index is 610. The minimum absolute atomic E-state index is 0.0335. The molecule has 7 heteroatoms. The molecule has 1 N–H and O–H groups in total. The van der Waals surface area contributed by atoms with Crippen molar-refractivity contribution in [3.8, 4) is 0 Å². The van der Waals surface area contributed by atoms with E-state index < -0.39 is 4.92 Å². The maximum Gasteiger partial charge on any atom is 0.324 e. The Morgan fingerprint density at radius 2 is 1.95 bits per heavy atom. The molecule has 1 amide bonds. The topological polar surface area (TPSA) is 72.2 Å². The Morgan fingerprint density at radius 1 is 1.26 bits per heavy atom. The van der Waals surface area contributed by atoms with Crippen molar-refractivity contribution in [2.24, 2.45) is 0 Å². The molecule has 0 aliphatic rings. The van der Waals surface area contributed by atoms with Crippen molar-refractivity contribution in [2.45, 2.75) is 6.54 Å². The standard InChI is InChI=1S/C12H9BrN2O3S/c13-9-3-1-8(2-4-9)7-14-12(16)10-5-6-11(19-10)15(17)18/h1-6H,7H2,(H,14,16). The lowest BCUT2D eigenvalue weighted by Gasteiger charge is -2.03. The molecule has 2 aromatic rings. The van der Waals surface area contributed by atoms with Crippen LogP contribution < -0.4 is 5.32 Å². The molecule has 98 valence electrons. The number of rotatable bonds is 4. The summed E-state index contributed by atoms with van der Waals surface area (Å²) in [6.45, 7) is 0.387. The van der Waals surface area contributed by atoms with E-state index in [1.165, 1.54) is 12.1 Å². The Kier molecular flexibility index (Phi) is 4.28. The van der Waals surface area contributed by atoms with Crippen molar-refractivity contribution < 1.29 is 9.72 Å². The number of carbonyl (C=O) groups is 1. The molecule has 0 bridgehead atoms. The van der Waals surface area contributed by atoms with Gasteiger partial charge in [0, 0.05) is 17.1 Å². The van der Waals surface area contributed by atoms with E-state index in [0.717, 1.165) is 21.4 Å². The van der Waals surface area contributed by atoms with E-state index in [4.69, 9.17) is 0 Å². The van der Waals surface area contributed by atoms with Crippen molar-refractivity contribution in [3.05, 3.63) is 61.4 Å². The number of thiophene rings is 1. The molecule has 19 heavy (non-hydrogen) atoms. The highest BCUT2D eigenvalue weighted by Gasteiger charge is 2.14. The summed E-state index contributed by atoms with van der Waals surface area (Å²) in [6.07, 6.45) is 0. The van der Waals surface area contributed by atoms with Crippen LogP contribution in [-0.4, -0.2) is 10.8 Å². The summed E-state index contributed by atoms with van der Waals surface area (Å²) in [5.41, 5.74) is 0.961. The zero-order valence-corrected chi connectivity index (χ0v) is 12.0. The van der Waals surface area contributed by atoms with Crippen molar-refractivity contribution in [2.75, 3.05) is 0 Å². The molecule has 0 unspecified atom stereocenters. The van der Waals surface area contributed by atoms with E-state index in [0.29, 0.717) is 11.4 Å². The van der Waals surface area contributed by atoms with Crippen molar-refractivity contribution >= 4 is 38.2 Å². The van der Waals surface area contributed by atoms with Gasteiger partial charge in [-0.05, 0) is 23.8 Å². The number of hydrogen-bond acceptors (Lipinski definition) is 4. The lowest BCUT2D eigenvalue weighted by atomic mass is 10.2. The van der Waals surface area contributed by atoms with Gasteiger partial charge < -0.3 is 5.32 Å². The quantitative estimate of drug-likeness (QED) is 0.685. The van der Waals surface area contributed by atoms with Crippen LogP contribution in [0.4, 0.5) is 5.00 Å². The molecule has 1 aromatic carbocycles. The van der Waals surface area contributed by atoms with Crippen LogP contribution >= 0.6 is 27.3 Å². The number of nitrogens with zero attached hydrogens (tertiary/aromatic N) is 1. The van der Waals surface area contributed by atoms with E-state index in [9.17, 15) is 14.9 Å². The monoisotopic (exact) mass is 340 g/mol. The van der Waals surface area contributed by atoms with Crippen LogP contribution in [0.15, 0.2) is 40.9 Å². The number of nitro groups is 1. The highest BCUT2D eigenvalue weighted by Crippen LogP contribution is 2.23. The molecule has 0 atom stereocenters. The van der Waals surface area contributed by atoms with Crippen molar-refractivity contribution in [3.63, 3.8) is 0 Å². The van der Waals surface area contributed by atoms with E-state index in [-0.39, 0.29) is 10.9 Å². The highest BCUT2D eigenvalue weighted by atomic mass is 79.9. The number of nitrogens with one attached hydrogen (secondary N) is 1. The van der Waals surface area contributed by atoms with Crippen LogP contribution in [0, 0.1) is 10.1 Å². The lowest BCUT2D eigenvalue weighted by molar-refractivity contribution is -0.380. The fraction of sp³-hybridized carbons (Fsp3) is 0.0833. The number of carbonyl (C=O) groups excluding carboxylic acids is 1. The zero-order valence-electron chi connectivity index (χ0n) is 9.63. The largest absolute Gasteiger partial charge is 0.347 e. The molecule has 0 saturated carbocycles. The summed E-state index contributed by atoms with van der Waals surface area (Å²) in [5.74, 6) is -0.305. The van der Waals surface area contributed by atoms with Gasteiger partial charge in [0.05, 0.1) is 9.80 Å². The molecule has 2 rings (SSSR count). The van der Waals surface area contributed by atoms with Crippen molar-refractivity contribution in [1.82, 2.24) is 5.32 Å². The molecule has 0 aliphatic heterocycles. The fourth-order valence-electron chi connectivity index (χ4n) is 1.42. The van der Waals surface area contributed by atoms with Crippen LogP contribution in [0.2, 0.25) is 0 Å². The third-order valence-corrected chi connectivity index (χ3v) is 3.93. The van der Waals surface area contributed by atoms with E-state index in [1.807, 2.05) is 24.3 Å². The second-order valence-corrected chi connectivity index (χ2v) is 5.68. The summed E-state index contributed by atoms with van der Waals surface area (Å²) < 4.78 is 0.969.